The second-order valence-electron chi connectivity index (χ2n) is 9.89. The van der Waals surface area contributed by atoms with E-state index in [0.29, 0.717) is 12.0 Å². The molecule has 5 rings (SSSR count). The highest BCUT2D eigenvalue weighted by Gasteiger charge is 2.50. The van der Waals surface area contributed by atoms with Gasteiger partial charge in [-0.05, 0) is 41.5 Å². The number of fused-ring (bicyclic) bond motifs is 1. The molecule has 208 valence electrons. The van der Waals surface area contributed by atoms with E-state index in [1.54, 1.807) is 18.2 Å². The van der Waals surface area contributed by atoms with E-state index >= 15 is 0 Å². The molecule has 0 spiro atoms. The van der Waals surface area contributed by atoms with Gasteiger partial charge in [0, 0.05) is 18.3 Å². The molecule has 40 heavy (non-hydrogen) atoms. The molecule has 2 fully saturated rings. The second-order valence-corrected chi connectivity index (χ2v) is 9.89. The van der Waals surface area contributed by atoms with Crippen LogP contribution in [0.2, 0.25) is 0 Å². The number of ether oxygens (including phenoxy) is 3. The van der Waals surface area contributed by atoms with Crippen molar-refractivity contribution in [2.45, 2.75) is 37.3 Å². The molecule has 2 aliphatic rings. The molecular formula is C31H27F3O6. The minimum absolute atomic E-state index is 0.0249. The number of hydrogen-bond donors (Lipinski definition) is 1. The Hall–Kier alpha value is -4.11. The van der Waals surface area contributed by atoms with Crippen LogP contribution in [-0.2, 0) is 20.4 Å². The summed E-state index contributed by atoms with van der Waals surface area (Å²) in [5.41, 5.74) is 1.51. The van der Waals surface area contributed by atoms with E-state index in [4.69, 9.17) is 14.2 Å². The van der Waals surface area contributed by atoms with Crippen LogP contribution in [0.25, 0.3) is 11.1 Å². The van der Waals surface area contributed by atoms with Crippen LogP contribution in [0.1, 0.15) is 28.8 Å². The van der Waals surface area contributed by atoms with Crippen LogP contribution in [0, 0.1) is 11.8 Å². The van der Waals surface area contributed by atoms with E-state index in [2.05, 4.69) is 0 Å². The predicted molar refractivity (Wildman–Crippen MR) is 139 cm³/mol. The van der Waals surface area contributed by atoms with Crippen molar-refractivity contribution in [1.82, 2.24) is 0 Å². The van der Waals surface area contributed by atoms with E-state index in [1.807, 2.05) is 42.5 Å². The molecule has 3 aromatic rings. The fraction of sp³-hybridized carbons (Fsp3) is 0.290. The Bertz CT molecular complexity index is 1370. The van der Waals surface area contributed by atoms with Gasteiger partial charge in [0.2, 0.25) is 0 Å². The summed E-state index contributed by atoms with van der Waals surface area (Å²) in [6, 6.07) is 21.2. The molecule has 1 aliphatic heterocycles. The normalized spacial score (nSPS) is 23.1. The molecule has 1 saturated heterocycles. The Balaban J connectivity index is 1.23. The first-order valence-electron chi connectivity index (χ1n) is 12.9. The molecule has 6 nitrogen and oxygen atoms in total. The number of esters is 2. The lowest BCUT2D eigenvalue weighted by molar-refractivity contribution is -0.142. The molecule has 1 saturated carbocycles. The third-order valence-corrected chi connectivity index (χ3v) is 7.17. The number of benzene rings is 3. The van der Waals surface area contributed by atoms with E-state index < -0.39 is 41.9 Å². The monoisotopic (exact) mass is 552 g/mol. The van der Waals surface area contributed by atoms with Gasteiger partial charge in [0.25, 0.3) is 0 Å². The van der Waals surface area contributed by atoms with Crippen molar-refractivity contribution < 1.29 is 42.1 Å². The first kappa shape index (κ1) is 27.5. The van der Waals surface area contributed by atoms with Crippen molar-refractivity contribution in [2.24, 2.45) is 11.8 Å². The number of aliphatic hydroxyl groups excluding tert-OH is 1. The van der Waals surface area contributed by atoms with Crippen molar-refractivity contribution in [2.75, 3.05) is 6.61 Å². The molecule has 9 heteroatoms. The van der Waals surface area contributed by atoms with E-state index in [0.717, 1.165) is 23.3 Å². The second kappa shape index (κ2) is 11.6. The molecule has 1 aliphatic carbocycles. The average molecular weight is 553 g/mol. The van der Waals surface area contributed by atoms with Crippen molar-refractivity contribution >= 4 is 11.9 Å². The number of carbonyl (C=O) groups excluding carboxylic acids is 2. The highest BCUT2D eigenvalue weighted by Crippen LogP contribution is 2.44. The first-order valence-corrected chi connectivity index (χ1v) is 12.9. The minimum atomic E-state index is -4.51. The van der Waals surface area contributed by atoms with Gasteiger partial charge in [0.1, 0.15) is 30.7 Å². The van der Waals surface area contributed by atoms with Crippen LogP contribution in [0.15, 0.2) is 91.0 Å². The largest absolute Gasteiger partial charge is 0.491 e. The summed E-state index contributed by atoms with van der Waals surface area (Å²) < 4.78 is 55.4. The Labute approximate surface area is 229 Å². The Morgan fingerprint density at radius 2 is 1.75 bits per heavy atom. The fourth-order valence-corrected chi connectivity index (χ4v) is 5.18. The number of carbonyl (C=O) groups is 2. The SMILES string of the molecule is O=C1C[C@@H]2[C@@H](/C=C/C(O)COc3cccc(C(F)(F)F)c3)[C@H](OC(=O)c3ccc(-c4ccccc4)cc3)C[C@@H]2O1. The molecule has 3 aromatic carbocycles. The van der Waals surface area contributed by atoms with Gasteiger partial charge in [-0.3, -0.25) is 4.79 Å². The summed E-state index contributed by atoms with van der Waals surface area (Å²) in [4.78, 5) is 24.9. The van der Waals surface area contributed by atoms with Crippen LogP contribution in [0.5, 0.6) is 5.75 Å². The Kier molecular flexibility index (Phi) is 7.93. The van der Waals surface area contributed by atoms with Crippen molar-refractivity contribution in [3.05, 3.63) is 102 Å². The Morgan fingerprint density at radius 3 is 2.48 bits per heavy atom. The van der Waals surface area contributed by atoms with Crippen LogP contribution >= 0.6 is 0 Å². The van der Waals surface area contributed by atoms with E-state index in [1.165, 1.54) is 18.2 Å². The summed E-state index contributed by atoms with van der Waals surface area (Å²) in [5.74, 6) is -1.49. The maximum atomic E-state index is 13.0. The lowest BCUT2D eigenvalue weighted by Crippen LogP contribution is -2.25. The van der Waals surface area contributed by atoms with Gasteiger partial charge >= 0.3 is 18.1 Å². The molecular weight excluding hydrogens is 525 g/mol. The van der Waals surface area contributed by atoms with E-state index in [-0.39, 0.29) is 30.7 Å². The molecule has 0 radical (unpaired) electrons. The van der Waals surface area contributed by atoms with Crippen LogP contribution < -0.4 is 4.74 Å². The molecule has 1 unspecified atom stereocenters. The topological polar surface area (TPSA) is 82.1 Å². The van der Waals surface area contributed by atoms with Gasteiger partial charge in [0.05, 0.1) is 17.5 Å². The summed E-state index contributed by atoms with van der Waals surface area (Å²) in [5, 5.41) is 10.4. The zero-order valence-electron chi connectivity index (χ0n) is 21.3. The highest BCUT2D eigenvalue weighted by molar-refractivity contribution is 5.90. The van der Waals surface area contributed by atoms with Crippen molar-refractivity contribution in [3.63, 3.8) is 0 Å². The zero-order chi connectivity index (χ0) is 28.3. The van der Waals surface area contributed by atoms with Crippen LogP contribution in [-0.4, -0.2) is 42.0 Å². The highest BCUT2D eigenvalue weighted by atomic mass is 19.4. The number of aliphatic hydroxyl groups is 1. The first-order chi connectivity index (χ1) is 19.2. The van der Waals surface area contributed by atoms with Crippen LogP contribution in [0.3, 0.4) is 0 Å². The number of halogens is 3. The number of hydrogen-bond acceptors (Lipinski definition) is 6. The van der Waals surface area contributed by atoms with Crippen molar-refractivity contribution in [1.29, 1.82) is 0 Å². The van der Waals surface area contributed by atoms with Gasteiger partial charge in [-0.2, -0.15) is 13.2 Å². The van der Waals surface area contributed by atoms with Crippen molar-refractivity contribution in [3.8, 4) is 16.9 Å². The fourth-order valence-electron chi connectivity index (χ4n) is 5.18. The van der Waals surface area contributed by atoms with E-state index in [9.17, 15) is 27.9 Å². The summed E-state index contributed by atoms with van der Waals surface area (Å²) in [7, 11) is 0. The third kappa shape index (κ3) is 6.37. The van der Waals surface area contributed by atoms with Crippen LogP contribution in [0.4, 0.5) is 13.2 Å². The molecule has 0 bridgehead atoms. The average Bonchev–Trinajstić information content (AvgIpc) is 3.46. The predicted octanol–water partition coefficient (Wildman–Crippen LogP) is 5.85. The summed E-state index contributed by atoms with van der Waals surface area (Å²) >= 11 is 0. The molecule has 0 amide bonds. The quantitative estimate of drug-likeness (QED) is 0.279. The third-order valence-electron chi connectivity index (χ3n) is 7.17. The van der Waals surface area contributed by atoms with Gasteiger partial charge in [-0.1, -0.05) is 60.7 Å². The smallest absolute Gasteiger partial charge is 0.416 e. The zero-order valence-corrected chi connectivity index (χ0v) is 21.3. The van der Waals surface area contributed by atoms with Gasteiger partial charge < -0.3 is 19.3 Å². The number of alkyl halides is 3. The lowest BCUT2D eigenvalue weighted by atomic mass is 9.91. The lowest BCUT2D eigenvalue weighted by Gasteiger charge is -2.21. The minimum Gasteiger partial charge on any atom is -0.491 e. The summed E-state index contributed by atoms with van der Waals surface area (Å²) in [6.07, 6.45) is -3.03. The number of rotatable bonds is 8. The van der Waals surface area contributed by atoms with Gasteiger partial charge in [-0.15, -0.1) is 0 Å². The maximum absolute atomic E-state index is 13.0. The standard InChI is InChI=1S/C31H27F3O6/c32-31(33,34)22-7-4-8-24(15-22)38-18-23(35)13-14-25-26-16-29(36)39-28(26)17-27(25)40-30(37)21-11-9-20(10-12-21)19-5-2-1-3-6-19/h1-15,23,25-28,35H,16-18H2/b14-13+/t23?,25-,26-,27-,28+/m1/s1. The molecule has 1 heterocycles. The summed E-state index contributed by atoms with van der Waals surface area (Å²) in [6.45, 7) is -0.285. The molecule has 0 aromatic heterocycles. The Morgan fingerprint density at radius 1 is 1.02 bits per heavy atom. The van der Waals surface area contributed by atoms with Gasteiger partial charge in [0.15, 0.2) is 0 Å². The molecule has 5 atom stereocenters. The van der Waals surface area contributed by atoms with Gasteiger partial charge in [-0.25, -0.2) is 4.79 Å². The molecule has 1 N–H and O–H groups in total. The maximum Gasteiger partial charge on any atom is 0.416 e.